The summed E-state index contributed by atoms with van der Waals surface area (Å²) in [6.45, 7) is 5.84. The standard InChI is InChI=1S/C12H20N2O3/c1-12(2)4-3-5-13-9(12)6-14-10(15)7-17-8-11(14)16/h9,13H,3-8H2,1-2H3. The van der Waals surface area contributed by atoms with Crippen molar-refractivity contribution in [1.29, 1.82) is 0 Å². The molecule has 0 aliphatic carbocycles. The Hall–Kier alpha value is -0.940. The average molecular weight is 240 g/mol. The lowest BCUT2D eigenvalue weighted by atomic mass is 9.77. The van der Waals surface area contributed by atoms with E-state index >= 15 is 0 Å². The fourth-order valence-corrected chi connectivity index (χ4v) is 2.49. The van der Waals surface area contributed by atoms with Gasteiger partial charge >= 0.3 is 0 Å². The molecule has 0 aromatic carbocycles. The van der Waals surface area contributed by atoms with Crippen molar-refractivity contribution < 1.29 is 14.3 Å². The molecule has 2 saturated heterocycles. The van der Waals surface area contributed by atoms with Crippen molar-refractivity contribution in [1.82, 2.24) is 10.2 Å². The summed E-state index contributed by atoms with van der Waals surface area (Å²) in [6.07, 6.45) is 2.27. The van der Waals surface area contributed by atoms with E-state index in [2.05, 4.69) is 19.2 Å². The zero-order chi connectivity index (χ0) is 12.5. The molecule has 5 heteroatoms. The number of nitrogens with one attached hydrogen (secondary N) is 1. The molecule has 1 N–H and O–H groups in total. The first-order valence-corrected chi connectivity index (χ1v) is 6.15. The van der Waals surface area contributed by atoms with Crippen molar-refractivity contribution in [2.24, 2.45) is 5.41 Å². The van der Waals surface area contributed by atoms with Crippen molar-refractivity contribution in [3.05, 3.63) is 0 Å². The van der Waals surface area contributed by atoms with Crippen LogP contribution in [0.5, 0.6) is 0 Å². The predicted octanol–water partition coefficient (Wildman–Crippen LogP) is 0.150. The molecule has 17 heavy (non-hydrogen) atoms. The van der Waals surface area contributed by atoms with E-state index in [9.17, 15) is 9.59 Å². The van der Waals surface area contributed by atoms with Crippen LogP contribution >= 0.6 is 0 Å². The molecule has 0 radical (unpaired) electrons. The van der Waals surface area contributed by atoms with E-state index in [-0.39, 0.29) is 36.5 Å². The summed E-state index contributed by atoms with van der Waals surface area (Å²) in [7, 11) is 0. The first-order valence-electron chi connectivity index (χ1n) is 6.15. The minimum atomic E-state index is -0.218. The highest BCUT2D eigenvalue weighted by atomic mass is 16.5. The second-order valence-corrected chi connectivity index (χ2v) is 5.49. The van der Waals surface area contributed by atoms with Crippen LogP contribution in [0, 0.1) is 5.41 Å². The molecule has 0 aromatic heterocycles. The summed E-state index contributed by atoms with van der Waals surface area (Å²) >= 11 is 0. The summed E-state index contributed by atoms with van der Waals surface area (Å²) in [4.78, 5) is 24.6. The predicted molar refractivity (Wildman–Crippen MR) is 62.3 cm³/mol. The number of hydrogen-bond acceptors (Lipinski definition) is 4. The number of hydrogen-bond donors (Lipinski definition) is 1. The lowest BCUT2D eigenvalue weighted by molar-refractivity contribution is -0.159. The van der Waals surface area contributed by atoms with E-state index in [1.807, 2.05) is 0 Å². The van der Waals surface area contributed by atoms with Crippen molar-refractivity contribution in [3.8, 4) is 0 Å². The van der Waals surface area contributed by atoms with Crippen LogP contribution in [0.1, 0.15) is 26.7 Å². The van der Waals surface area contributed by atoms with Crippen molar-refractivity contribution >= 4 is 11.8 Å². The number of nitrogens with zero attached hydrogens (tertiary/aromatic N) is 1. The van der Waals surface area contributed by atoms with Gasteiger partial charge in [-0.05, 0) is 24.8 Å². The van der Waals surface area contributed by atoms with Crippen LogP contribution in [0.15, 0.2) is 0 Å². The molecule has 1 atom stereocenters. The minimum absolute atomic E-state index is 0.0267. The third-order valence-electron chi connectivity index (χ3n) is 3.75. The number of carbonyl (C=O) groups excluding carboxylic acids is 2. The summed E-state index contributed by atoms with van der Waals surface area (Å²) in [5, 5.41) is 3.41. The zero-order valence-electron chi connectivity index (χ0n) is 10.5. The van der Waals surface area contributed by atoms with E-state index in [0.29, 0.717) is 6.54 Å². The first kappa shape index (κ1) is 12.5. The van der Waals surface area contributed by atoms with Crippen molar-refractivity contribution in [2.75, 3.05) is 26.3 Å². The van der Waals surface area contributed by atoms with Gasteiger partial charge in [0.1, 0.15) is 13.2 Å². The summed E-state index contributed by atoms with van der Waals surface area (Å²) in [5.41, 5.74) is 0.122. The van der Waals surface area contributed by atoms with Gasteiger partial charge in [-0.2, -0.15) is 0 Å². The highest BCUT2D eigenvalue weighted by Gasteiger charge is 2.37. The van der Waals surface area contributed by atoms with E-state index in [0.717, 1.165) is 19.4 Å². The Morgan fingerprint density at radius 1 is 1.35 bits per heavy atom. The van der Waals surface area contributed by atoms with Crippen LogP contribution in [-0.4, -0.2) is 49.1 Å². The van der Waals surface area contributed by atoms with Gasteiger partial charge in [0.2, 0.25) is 0 Å². The second kappa shape index (κ2) is 4.74. The number of piperidine rings is 1. The Bertz CT molecular complexity index is 312. The summed E-state index contributed by atoms with van der Waals surface area (Å²) in [5.74, 6) is -0.436. The Labute approximate surface area is 101 Å². The monoisotopic (exact) mass is 240 g/mol. The van der Waals surface area contributed by atoms with E-state index < -0.39 is 0 Å². The number of morpholine rings is 1. The number of amides is 2. The van der Waals surface area contributed by atoms with Crippen molar-refractivity contribution in [2.45, 2.75) is 32.7 Å². The topological polar surface area (TPSA) is 58.6 Å². The molecule has 2 rings (SSSR count). The fraction of sp³-hybridized carbons (Fsp3) is 0.833. The van der Waals surface area contributed by atoms with Gasteiger partial charge in [0.25, 0.3) is 11.8 Å². The molecular weight excluding hydrogens is 220 g/mol. The van der Waals surface area contributed by atoms with Gasteiger partial charge in [-0.15, -0.1) is 0 Å². The maximum absolute atomic E-state index is 11.6. The molecule has 0 aromatic rings. The molecule has 2 aliphatic heterocycles. The Kier molecular flexibility index (Phi) is 3.49. The fourth-order valence-electron chi connectivity index (χ4n) is 2.49. The molecule has 5 nitrogen and oxygen atoms in total. The first-order chi connectivity index (χ1) is 8.00. The van der Waals surface area contributed by atoms with Gasteiger partial charge in [0.05, 0.1) is 0 Å². The van der Waals surface area contributed by atoms with E-state index in [1.54, 1.807) is 0 Å². The van der Waals surface area contributed by atoms with Gasteiger partial charge in [0.15, 0.2) is 0 Å². The second-order valence-electron chi connectivity index (χ2n) is 5.49. The smallest absolute Gasteiger partial charge is 0.255 e. The van der Waals surface area contributed by atoms with Crippen LogP contribution in [0.25, 0.3) is 0 Å². The maximum atomic E-state index is 11.6. The summed E-state index contributed by atoms with van der Waals surface area (Å²) in [6, 6.07) is 0.183. The van der Waals surface area contributed by atoms with Gasteiger partial charge in [-0.1, -0.05) is 13.8 Å². The SMILES string of the molecule is CC1(C)CCCNC1CN1C(=O)COCC1=O. The zero-order valence-corrected chi connectivity index (χ0v) is 10.5. The van der Waals surface area contributed by atoms with Crippen LogP contribution in [0.2, 0.25) is 0 Å². The molecule has 1 unspecified atom stereocenters. The normalized spacial score (nSPS) is 29.5. The molecule has 2 amide bonds. The van der Waals surface area contributed by atoms with E-state index in [1.165, 1.54) is 4.90 Å². The van der Waals surface area contributed by atoms with E-state index in [4.69, 9.17) is 4.74 Å². The molecule has 2 heterocycles. The third-order valence-corrected chi connectivity index (χ3v) is 3.75. The van der Waals surface area contributed by atoms with Crippen molar-refractivity contribution in [3.63, 3.8) is 0 Å². The number of imide groups is 1. The lowest BCUT2D eigenvalue weighted by Crippen LogP contribution is -2.57. The highest BCUT2D eigenvalue weighted by molar-refractivity contribution is 5.98. The third kappa shape index (κ3) is 2.66. The molecule has 0 bridgehead atoms. The Balaban J connectivity index is 2.03. The highest BCUT2D eigenvalue weighted by Crippen LogP contribution is 2.30. The lowest BCUT2D eigenvalue weighted by Gasteiger charge is -2.42. The largest absolute Gasteiger partial charge is 0.362 e. The van der Waals surface area contributed by atoms with Crippen LogP contribution in [0.4, 0.5) is 0 Å². The van der Waals surface area contributed by atoms with Gasteiger partial charge in [0, 0.05) is 12.6 Å². The number of carbonyl (C=O) groups is 2. The molecule has 0 saturated carbocycles. The van der Waals surface area contributed by atoms with Crippen LogP contribution in [0.3, 0.4) is 0 Å². The molecule has 96 valence electrons. The van der Waals surface area contributed by atoms with Gasteiger partial charge in [-0.3, -0.25) is 14.5 Å². The average Bonchev–Trinajstić information content (AvgIpc) is 2.25. The molecule has 2 fully saturated rings. The Morgan fingerprint density at radius 2 is 2.00 bits per heavy atom. The van der Waals surface area contributed by atoms with Gasteiger partial charge < -0.3 is 10.1 Å². The van der Waals surface area contributed by atoms with Gasteiger partial charge in [-0.25, -0.2) is 0 Å². The number of rotatable bonds is 2. The Morgan fingerprint density at radius 3 is 2.59 bits per heavy atom. The molecular formula is C12H20N2O3. The number of ether oxygens (including phenoxy) is 1. The maximum Gasteiger partial charge on any atom is 0.255 e. The molecule has 2 aliphatic rings. The molecule has 0 spiro atoms. The van der Waals surface area contributed by atoms with Crippen LogP contribution < -0.4 is 5.32 Å². The summed E-state index contributed by atoms with van der Waals surface area (Å²) < 4.78 is 4.90. The van der Waals surface area contributed by atoms with Crippen LogP contribution in [-0.2, 0) is 14.3 Å². The minimum Gasteiger partial charge on any atom is -0.362 e. The quantitative estimate of drug-likeness (QED) is 0.698.